The Morgan fingerprint density at radius 1 is 1.29 bits per heavy atom. The highest BCUT2D eigenvalue weighted by molar-refractivity contribution is 7.17. The first-order valence-corrected chi connectivity index (χ1v) is 5.89. The third-order valence-electron chi connectivity index (χ3n) is 2.46. The lowest BCUT2D eigenvalue weighted by Gasteiger charge is -1.99. The summed E-state index contributed by atoms with van der Waals surface area (Å²) in [6.45, 7) is 0. The minimum Gasteiger partial charge on any atom is -0.493 e. The van der Waals surface area contributed by atoms with Gasteiger partial charge in [-0.3, -0.25) is 4.79 Å². The van der Waals surface area contributed by atoms with Gasteiger partial charge in [-0.15, -0.1) is 11.3 Å². The predicted molar refractivity (Wildman–Crippen MR) is 67.3 cm³/mol. The minimum absolute atomic E-state index is 0.265. The van der Waals surface area contributed by atoms with E-state index in [4.69, 9.17) is 0 Å². The van der Waals surface area contributed by atoms with Crippen LogP contribution in [0.15, 0.2) is 40.5 Å². The van der Waals surface area contributed by atoms with Crippen LogP contribution < -0.4 is 5.56 Å². The Kier molecular flexibility index (Phi) is 2.19. The van der Waals surface area contributed by atoms with Gasteiger partial charge in [-0.25, -0.2) is 0 Å². The zero-order chi connectivity index (χ0) is 11.8. The van der Waals surface area contributed by atoms with Gasteiger partial charge < -0.3 is 10.1 Å². The normalized spacial score (nSPS) is 10.8. The Bertz CT molecular complexity index is 745. The van der Waals surface area contributed by atoms with Crippen molar-refractivity contribution in [1.82, 2.24) is 9.97 Å². The predicted octanol–water partition coefficient (Wildman–Crippen LogP) is 2.36. The van der Waals surface area contributed by atoms with Gasteiger partial charge in [0.05, 0.1) is 6.07 Å². The zero-order valence-corrected chi connectivity index (χ0v) is 9.49. The number of nitrogens with zero attached hydrogens (tertiary/aromatic N) is 1. The summed E-state index contributed by atoms with van der Waals surface area (Å²) in [4.78, 5) is 17.8. The second kappa shape index (κ2) is 3.71. The topological polar surface area (TPSA) is 66.0 Å². The fourth-order valence-corrected chi connectivity index (χ4v) is 2.68. The molecule has 2 N–H and O–H groups in total. The molecule has 0 atom stereocenters. The van der Waals surface area contributed by atoms with E-state index in [-0.39, 0.29) is 11.4 Å². The molecule has 0 fully saturated rings. The lowest BCUT2D eigenvalue weighted by molar-refractivity contribution is 0.452. The van der Waals surface area contributed by atoms with Crippen molar-refractivity contribution < 1.29 is 5.11 Å². The summed E-state index contributed by atoms with van der Waals surface area (Å²) < 4.78 is 1.12. The van der Waals surface area contributed by atoms with Crippen LogP contribution >= 0.6 is 11.3 Å². The fraction of sp³-hybridized carbons (Fsp3) is 0. The molecule has 1 aromatic carbocycles. The van der Waals surface area contributed by atoms with Crippen LogP contribution in [0.1, 0.15) is 0 Å². The number of H-pyrrole nitrogens is 1. The minimum atomic E-state index is -0.359. The van der Waals surface area contributed by atoms with E-state index in [1.165, 1.54) is 0 Å². The lowest BCUT2D eigenvalue weighted by Crippen LogP contribution is -2.06. The average molecular weight is 244 g/mol. The molecule has 3 rings (SSSR count). The summed E-state index contributed by atoms with van der Waals surface area (Å²) >= 11 is 1.58. The lowest BCUT2D eigenvalue weighted by atomic mass is 10.1. The molecule has 0 bridgehead atoms. The van der Waals surface area contributed by atoms with E-state index in [9.17, 15) is 9.90 Å². The molecule has 4 nitrogen and oxygen atoms in total. The SMILES string of the molecule is O=c1cc(O)nc(-c2csc3ccccc23)[nH]1. The van der Waals surface area contributed by atoms with Crippen LogP contribution in [0, 0.1) is 0 Å². The second-order valence-corrected chi connectivity index (χ2v) is 4.51. The molecule has 0 unspecified atom stereocenters. The van der Waals surface area contributed by atoms with Crippen molar-refractivity contribution in [3.05, 3.63) is 46.1 Å². The number of hydrogen-bond acceptors (Lipinski definition) is 4. The summed E-state index contributed by atoms with van der Waals surface area (Å²) in [5, 5.41) is 12.3. The van der Waals surface area contributed by atoms with Gasteiger partial charge in [0.1, 0.15) is 5.82 Å². The maximum Gasteiger partial charge on any atom is 0.254 e. The maximum atomic E-state index is 11.3. The molecule has 0 saturated heterocycles. The van der Waals surface area contributed by atoms with Gasteiger partial charge >= 0.3 is 0 Å². The molecule has 2 aromatic heterocycles. The van der Waals surface area contributed by atoms with Crippen LogP contribution in [0.2, 0.25) is 0 Å². The van der Waals surface area contributed by atoms with Crippen LogP contribution in [0.5, 0.6) is 5.88 Å². The van der Waals surface area contributed by atoms with Crippen molar-refractivity contribution in [2.45, 2.75) is 0 Å². The van der Waals surface area contributed by atoms with Crippen molar-refractivity contribution in [2.24, 2.45) is 0 Å². The zero-order valence-electron chi connectivity index (χ0n) is 8.68. The third kappa shape index (κ3) is 1.70. The van der Waals surface area contributed by atoms with E-state index in [2.05, 4.69) is 9.97 Å². The summed E-state index contributed by atoms with van der Waals surface area (Å²) in [6, 6.07) is 8.91. The van der Waals surface area contributed by atoms with Gasteiger partial charge in [0.2, 0.25) is 5.88 Å². The standard InChI is InChI=1S/C12H8N2O2S/c15-10-5-11(16)14-12(13-10)8-6-17-9-4-2-1-3-7(8)9/h1-6H,(H2,13,14,15,16). The van der Waals surface area contributed by atoms with Crippen molar-refractivity contribution in [1.29, 1.82) is 0 Å². The number of aromatic nitrogens is 2. The van der Waals surface area contributed by atoms with Gasteiger partial charge in [-0.05, 0) is 6.07 Å². The van der Waals surface area contributed by atoms with E-state index in [1.54, 1.807) is 11.3 Å². The second-order valence-electron chi connectivity index (χ2n) is 3.60. The maximum absolute atomic E-state index is 11.3. The van der Waals surface area contributed by atoms with E-state index in [1.807, 2.05) is 29.6 Å². The highest BCUT2D eigenvalue weighted by Gasteiger charge is 2.09. The first kappa shape index (κ1) is 10.0. The van der Waals surface area contributed by atoms with Gasteiger partial charge in [-0.2, -0.15) is 4.98 Å². The molecule has 84 valence electrons. The fourth-order valence-electron chi connectivity index (χ4n) is 1.73. The molecular formula is C12H8N2O2S. The average Bonchev–Trinajstić information content (AvgIpc) is 2.71. The Hall–Kier alpha value is -2.14. The Labute approximate surface area is 100 Å². The molecule has 0 amide bonds. The summed E-state index contributed by atoms with van der Waals surface area (Å²) in [6.07, 6.45) is 0. The number of aromatic hydroxyl groups is 1. The molecule has 5 heteroatoms. The van der Waals surface area contributed by atoms with E-state index in [0.717, 1.165) is 21.7 Å². The van der Waals surface area contributed by atoms with Crippen LogP contribution in [0.4, 0.5) is 0 Å². The summed E-state index contributed by atoms with van der Waals surface area (Å²) in [5.74, 6) is 0.131. The Balaban J connectivity index is 2.30. The van der Waals surface area contributed by atoms with Crippen LogP contribution in [-0.4, -0.2) is 15.1 Å². The van der Waals surface area contributed by atoms with Gasteiger partial charge in [0.15, 0.2) is 0 Å². The molecule has 0 aliphatic carbocycles. The van der Waals surface area contributed by atoms with Gasteiger partial charge in [0, 0.05) is 21.0 Å². The molecular weight excluding hydrogens is 236 g/mol. The monoisotopic (exact) mass is 244 g/mol. The molecule has 0 aliphatic rings. The molecule has 0 spiro atoms. The molecule has 0 radical (unpaired) electrons. The third-order valence-corrected chi connectivity index (χ3v) is 3.43. The number of thiophene rings is 1. The number of rotatable bonds is 1. The first-order valence-electron chi connectivity index (χ1n) is 5.01. The van der Waals surface area contributed by atoms with Crippen LogP contribution in [0.25, 0.3) is 21.5 Å². The van der Waals surface area contributed by atoms with Crippen LogP contribution in [-0.2, 0) is 0 Å². The number of hydrogen-bond donors (Lipinski definition) is 2. The number of benzene rings is 1. The highest BCUT2D eigenvalue weighted by atomic mass is 32.1. The molecule has 17 heavy (non-hydrogen) atoms. The van der Waals surface area contributed by atoms with E-state index < -0.39 is 0 Å². The number of aromatic amines is 1. The smallest absolute Gasteiger partial charge is 0.254 e. The number of nitrogens with one attached hydrogen (secondary N) is 1. The Morgan fingerprint density at radius 3 is 2.94 bits per heavy atom. The largest absolute Gasteiger partial charge is 0.493 e. The van der Waals surface area contributed by atoms with E-state index in [0.29, 0.717) is 5.82 Å². The summed E-state index contributed by atoms with van der Waals surface area (Å²) in [5.41, 5.74) is 0.474. The molecule has 2 heterocycles. The van der Waals surface area contributed by atoms with Crippen LogP contribution in [0.3, 0.4) is 0 Å². The van der Waals surface area contributed by atoms with Gasteiger partial charge in [0.25, 0.3) is 5.56 Å². The quantitative estimate of drug-likeness (QED) is 0.690. The molecule has 0 saturated carbocycles. The van der Waals surface area contributed by atoms with E-state index >= 15 is 0 Å². The van der Waals surface area contributed by atoms with Crippen molar-refractivity contribution in [2.75, 3.05) is 0 Å². The summed E-state index contributed by atoms with van der Waals surface area (Å²) in [7, 11) is 0. The van der Waals surface area contributed by atoms with Crippen molar-refractivity contribution >= 4 is 21.4 Å². The van der Waals surface area contributed by atoms with Crippen molar-refractivity contribution in [3.63, 3.8) is 0 Å². The van der Waals surface area contributed by atoms with Crippen molar-refractivity contribution in [3.8, 4) is 17.3 Å². The number of fused-ring (bicyclic) bond motifs is 1. The molecule has 0 aliphatic heterocycles. The molecule has 3 aromatic rings. The Morgan fingerprint density at radius 2 is 2.12 bits per heavy atom. The van der Waals surface area contributed by atoms with Gasteiger partial charge in [-0.1, -0.05) is 18.2 Å². The highest BCUT2D eigenvalue weighted by Crippen LogP contribution is 2.31. The first-order chi connectivity index (χ1) is 8.24.